The highest BCUT2D eigenvalue weighted by Gasteiger charge is 2.57. The number of thioether (sulfide) groups is 1. The number of benzene rings is 2. The molecule has 35 heavy (non-hydrogen) atoms. The van der Waals surface area contributed by atoms with Gasteiger partial charge in [0.15, 0.2) is 0 Å². The molecule has 0 bridgehead atoms. The lowest BCUT2D eigenvalue weighted by Gasteiger charge is -2.32. The molecule has 0 unspecified atom stereocenters. The highest BCUT2D eigenvalue weighted by molar-refractivity contribution is 8.01. The zero-order valence-corrected chi connectivity index (χ0v) is 21.6. The van der Waals surface area contributed by atoms with E-state index in [0.29, 0.717) is 12.1 Å². The van der Waals surface area contributed by atoms with Crippen LogP contribution in [0.25, 0.3) is 0 Å². The Hall–Kier alpha value is -3.00. The molecule has 1 fully saturated rings. The first kappa shape index (κ1) is 25.1. The molecule has 1 saturated heterocycles. The van der Waals surface area contributed by atoms with Crippen molar-refractivity contribution < 1.29 is 19.1 Å². The van der Waals surface area contributed by atoms with Crippen LogP contribution in [0.4, 0.5) is 0 Å². The van der Waals surface area contributed by atoms with Gasteiger partial charge in [0.1, 0.15) is 23.2 Å². The van der Waals surface area contributed by atoms with E-state index < -0.39 is 16.8 Å². The van der Waals surface area contributed by atoms with E-state index >= 15 is 0 Å². The topological polar surface area (TPSA) is 87.7 Å². The first-order valence-corrected chi connectivity index (χ1v) is 12.9. The number of rotatable bonds is 8. The largest absolute Gasteiger partial charge is 0.497 e. The van der Waals surface area contributed by atoms with E-state index in [9.17, 15) is 14.4 Å². The average Bonchev–Trinajstić information content (AvgIpc) is 3.29. The standard InChI is InChI=1S/C27H33N3O4S/c1-6-16(2)21(23(31)28-15-17-10-9-11-18(14-17)34-5)29-24(32)22-27(3,4)35-26-20-13-8-7-12-19(20)25(33)30(22)26/h7-14,16,21-22,26H,6,15H2,1-5H3,(H,28,31)(H,29,32)/t16-,21+,22-,26+/m1/s1. The van der Waals surface area contributed by atoms with Crippen molar-refractivity contribution in [3.05, 3.63) is 65.2 Å². The number of methoxy groups -OCH3 is 1. The normalized spacial score (nSPS) is 21.6. The van der Waals surface area contributed by atoms with Crippen molar-refractivity contribution in [2.75, 3.05) is 7.11 Å². The molecule has 7 nitrogen and oxygen atoms in total. The Morgan fingerprint density at radius 1 is 1.17 bits per heavy atom. The number of hydrogen-bond donors (Lipinski definition) is 2. The summed E-state index contributed by atoms with van der Waals surface area (Å²) < 4.78 is 4.75. The number of nitrogens with zero attached hydrogens (tertiary/aromatic N) is 1. The van der Waals surface area contributed by atoms with E-state index in [2.05, 4.69) is 10.6 Å². The third-order valence-corrected chi connectivity index (χ3v) is 8.47. The van der Waals surface area contributed by atoms with Crippen LogP contribution in [0.15, 0.2) is 48.5 Å². The van der Waals surface area contributed by atoms with Gasteiger partial charge in [0.2, 0.25) is 11.8 Å². The van der Waals surface area contributed by atoms with Gasteiger partial charge < -0.3 is 20.3 Å². The number of carbonyl (C=O) groups is 3. The highest BCUT2D eigenvalue weighted by atomic mass is 32.2. The predicted octanol–water partition coefficient (Wildman–Crippen LogP) is 3.89. The quantitative estimate of drug-likeness (QED) is 0.580. The van der Waals surface area contributed by atoms with Crippen LogP contribution in [0.3, 0.4) is 0 Å². The van der Waals surface area contributed by atoms with Crippen LogP contribution in [-0.2, 0) is 16.1 Å². The molecular formula is C27H33N3O4S. The lowest BCUT2D eigenvalue weighted by Crippen LogP contribution is -2.58. The molecule has 3 amide bonds. The third kappa shape index (κ3) is 4.76. The molecule has 2 heterocycles. The molecule has 2 aliphatic heterocycles. The molecule has 4 atom stereocenters. The van der Waals surface area contributed by atoms with Gasteiger partial charge in [-0.2, -0.15) is 0 Å². The maximum Gasteiger partial charge on any atom is 0.256 e. The number of amides is 3. The second-order valence-electron chi connectivity index (χ2n) is 9.72. The SMILES string of the molecule is CC[C@@H](C)[C@H](NC(=O)[C@H]1N2C(=O)c3ccccc3[C@@H]2SC1(C)C)C(=O)NCc1cccc(OC)c1. The monoisotopic (exact) mass is 495 g/mol. The Kier molecular flexibility index (Phi) is 7.12. The van der Waals surface area contributed by atoms with E-state index in [-0.39, 0.29) is 29.0 Å². The van der Waals surface area contributed by atoms with Crippen molar-refractivity contribution in [3.63, 3.8) is 0 Å². The first-order chi connectivity index (χ1) is 16.7. The smallest absolute Gasteiger partial charge is 0.256 e. The molecule has 2 aromatic carbocycles. The Labute approximate surface area is 211 Å². The summed E-state index contributed by atoms with van der Waals surface area (Å²) in [6, 6.07) is 13.6. The maximum atomic E-state index is 13.7. The molecule has 186 valence electrons. The third-order valence-electron chi connectivity index (χ3n) is 6.94. The van der Waals surface area contributed by atoms with Crippen molar-refractivity contribution in [2.45, 2.75) is 62.9 Å². The van der Waals surface area contributed by atoms with Gasteiger partial charge in [-0.3, -0.25) is 14.4 Å². The lowest BCUT2D eigenvalue weighted by atomic mass is 9.95. The van der Waals surface area contributed by atoms with Crippen LogP contribution in [0.2, 0.25) is 0 Å². The zero-order valence-electron chi connectivity index (χ0n) is 20.8. The van der Waals surface area contributed by atoms with Crippen molar-refractivity contribution in [1.29, 1.82) is 0 Å². The van der Waals surface area contributed by atoms with Crippen LogP contribution in [0.5, 0.6) is 5.75 Å². The van der Waals surface area contributed by atoms with Crippen LogP contribution in [0, 0.1) is 5.92 Å². The minimum Gasteiger partial charge on any atom is -0.497 e. The number of fused-ring (bicyclic) bond motifs is 3. The molecule has 0 aromatic heterocycles. The molecule has 0 aliphatic carbocycles. The summed E-state index contributed by atoms with van der Waals surface area (Å²) in [4.78, 5) is 41.8. The van der Waals surface area contributed by atoms with Crippen molar-refractivity contribution in [1.82, 2.24) is 15.5 Å². The fraction of sp³-hybridized carbons (Fsp3) is 0.444. The Morgan fingerprint density at radius 3 is 2.63 bits per heavy atom. The Bertz CT molecular complexity index is 1130. The Morgan fingerprint density at radius 2 is 1.91 bits per heavy atom. The number of nitrogens with one attached hydrogen (secondary N) is 2. The minimum absolute atomic E-state index is 0.0799. The summed E-state index contributed by atoms with van der Waals surface area (Å²) in [7, 11) is 1.60. The highest BCUT2D eigenvalue weighted by Crippen LogP contribution is 2.56. The number of ether oxygens (including phenoxy) is 1. The van der Waals surface area contributed by atoms with Crippen LogP contribution >= 0.6 is 11.8 Å². The molecule has 2 aromatic rings. The van der Waals surface area contributed by atoms with Crippen molar-refractivity contribution >= 4 is 29.5 Å². The minimum atomic E-state index is -0.710. The van der Waals surface area contributed by atoms with Crippen molar-refractivity contribution in [2.24, 2.45) is 5.92 Å². The molecule has 4 rings (SSSR count). The van der Waals surface area contributed by atoms with E-state index in [4.69, 9.17) is 4.74 Å². The van der Waals surface area contributed by atoms with Gasteiger partial charge in [-0.05, 0) is 49.1 Å². The second-order valence-corrected chi connectivity index (χ2v) is 11.5. The van der Waals surface area contributed by atoms with Gasteiger partial charge in [0, 0.05) is 16.9 Å². The van der Waals surface area contributed by atoms with Gasteiger partial charge in [0.25, 0.3) is 5.91 Å². The predicted molar refractivity (Wildman–Crippen MR) is 137 cm³/mol. The van der Waals surface area contributed by atoms with Gasteiger partial charge in [-0.1, -0.05) is 50.6 Å². The first-order valence-electron chi connectivity index (χ1n) is 12.0. The molecule has 0 saturated carbocycles. The summed E-state index contributed by atoms with van der Waals surface area (Å²) in [5, 5.41) is 5.76. The fourth-order valence-electron chi connectivity index (χ4n) is 4.82. The van der Waals surface area contributed by atoms with Gasteiger partial charge in [-0.15, -0.1) is 11.8 Å². The maximum absolute atomic E-state index is 13.7. The summed E-state index contributed by atoms with van der Waals surface area (Å²) >= 11 is 1.61. The fourth-order valence-corrected chi connectivity index (χ4v) is 6.41. The molecule has 0 spiro atoms. The molecule has 8 heteroatoms. The zero-order chi connectivity index (χ0) is 25.3. The number of carbonyl (C=O) groups excluding carboxylic acids is 3. The van der Waals surface area contributed by atoms with Gasteiger partial charge in [0.05, 0.1) is 7.11 Å². The summed E-state index contributed by atoms with van der Waals surface area (Å²) in [6.45, 7) is 8.23. The summed E-state index contributed by atoms with van der Waals surface area (Å²) in [5.74, 6) is -0.0371. The summed E-state index contributed by atoms with van der Waals surface area (Å²) in [6.07, 6.45) is 0.719. The van der Waals surface area contributed by atoms with E-state index in [0.717, 1.165) is 23.3 Å². The van der Waals surface area contributed by atoms with Gasteiger partial charge >= 0.3 is 0 Å². The average molecular weight is 496 g/mol. The number of hydrogen-bond acceptors (Lipinski definition) is 5. The molecule has 0 radical (unpaired) electrons. The van der Waals surface area contributed by atoms with E-state index in [1.165, 1.54) is 0 Å². The summed E-state index contributed by atoms with van der Waals surface area (Å²) in [5.41, 5.74) is 2.50. The molecule has 2 aliphatic rings. The lowest BCUT2D eigenvalue weighted by molar-refractivity contribution is -0.133. The molecular weight excluding hydrogens is 462 g/mol. The van der Waals surface area contributed by atoms with E-state index in [1.54, 1.807) is 23.8 Å². The van der Waals surface area contributed by atoms with Crippen LogP contribution in [0.1, 0.15) is 61.0 Å². The molecule has 2 N–H and O–H groups in total. The van der Waals surface area contributed by atoms with Crippen molar-refractivity contribution in [3.8, 4) is 5.75 Å². The van der Waals surface area contributed by atoms with Crippen LogP contribution < -0.4 is 15.4 Å². The van der Waals surface area contributed by atoms with E-state index in [1.807, 2.05) is 76.2 Å². The second kappa shape index (κ2) is 9.93. The van der Waals surface area contributed by atoms with Gasteiger partial charge in [-0.25, -0.2) is 0 Å². The van der Waals surface area contributed by atoms with Crippen LogP contribution in [-0.4, -0.2) is 46.6 Å². The Balaban J connectivity index is 1.51.